The molecule has 3 N–H and O–H groups in total. The average molecular weight is 457 g/mol. The molecule has 1 saturated heterocycles. The van der Waals surface area contributed by atoms with Gasteiger partial charge >= 0.3 is 6.09 Å². The Balaban J connectivity index is 1.11. The zero-order chi connectivity index (χ0) is 22.6. The average Bonchev–Trinajstić information content (AvgIpc) is 3.44. The van der Waals surface area contributed by atoms with E-state index in [1.807, 2.05) is 6.07 Å². The third-order valence-corrected chi connectivity index (χ3v) is 6.63. The van der Waals surface area contributed by atoms with E-state index in [4.69, 9.17) is 14.2 Å². The molecule has 0 radical (unpaired) electrons. The van der Waals surface area contributed by atoms with Crippen molar-refractivity contribution in [2.24, 2.45) is 5.92 Å². The Bertz CT molecular complexity index is 1180. The van der Waals surface area contributed by atoms with Gasteiger partial charge in [0.1, 0.15) is 11.6 Å². The summed E-state index contributed by atoms with van der Waals surface area (Å²) in [6.45, 7) is 0.364. The highest BCUT2D eigenvalue weighted by Crippen LogP contribution is 2.57. The van der Waals surface area contributed by atoms with Crippen LogP contribution < -0.4 is 10.6 Å². The second kappa shape index (κ2) is 7.66. The summed E-state index contributed by atoms with van der Waals surface area (Å²) in [4.78, 5) is 16.5. The number of aromatic nitrogens is 5. The van der Waals surface area contributed by atoms with Gasteiger partial charge in [-0.15, -0.1) is 0 Å². The van der Waals surface area contributed by atoms with Crippen molar-refractivity contribution in [1.82, 2.24) is 30.1 Å². The number of nitrogens with zero attached hydrogens (tertiary/aromatic N) is 4. The predicted molar refractivity (Wildman–Crippen MR) is 113 cm³/mol. The molecule has 3 aliphatic carbocycles. The van der Waals surface area contributed by atoms with E-state index in [9.17, 15) is 4.79 Å². The zero-order valence-electron chi connectivity index (χ0n) is 18.0. The monoisotopic (exact) mass is 457 g/mol. The van der Waals surface area contributed by atoms with Gasteiger partial charge in [-0.3, -0.25) is 5.10 Å². The quantitative estimate of drug-likeness (QED) is 0.494. The minimum atomic E-state index is -1.51. The summed E-state index contributed by atoms with van der Waals surface area (Å²) < 4.78 is 32.7. The van der Waals surface area contributed by atoms with Crippen LogP contribution in [0.2, 0.25) is 0 Å². The third kappa shape index (κ3) is 3.59. The van der Waals surface area contributed by atoms with E-state index in [1.165, 1.54) is 0 Å². The van der Waals surface area contributed by atoms with Gasteiger partial charge in [-0.2, -0.15) is 10.2 Å². The number of rotatable bonds is 7. The lowest BCUT2D eigenvalue weighted by atomic mass is 9.50. The van der Waals surface area contributed by atoms with Gasteiger partial charge in [0.25, 0.3) is 0 Å². The molecule has 1 amide bonds. The number of amides is 1. The van der Waals surface area contributed by atoms with Crippen molar-refractivity contribution in [2.45, 2.75) is 49.8 Å². The van der Waals surface area contributed by atoms with Gasteiger partial charge in [-0.1, -0.05) is 0 Å². The van der Waals surface area contributed by atoms with Crippen molar-refractivity contribution >= 4 is 23.2 Å². The van der Waals surface area contributed by atoms with Crippen LogP contribution in [0.4, 0.5) is 20.8 Å². The van der Waals surface area contributed by atoms with Crippen LogP contribution in [-0.2, 0) is 20.8 Å². The number of anilines is 2. The maximum absolute atomic E-state index is 15.0. The van der Waals surface area contributed by atoms with E-state index in [-0.39, 0.29) is 12.1 Å². The minimum Gasteiger partial charge on any atom is -0.441 e. The Hall–Kier alpha value is -3.25. The number of carbonyl (C=O) groups excluding carboxylic acids is 1. The van der Waals surface area contributed by atoms with Crippen LogP contribution in [-0.4, -0.2) is 62.4 Å². The Kier molecular flexibility index (Phi) is 4.73. The highest BCUT2D eigenvalue weighted by atomic mass is 19.1. The second-order valence-corrected chi connectivity index (χ2v) is 9.03. The topological polar surface area (TPSA) is 128 Å². The molecule has 3 saturated carbocycles. The van der Waals surface area contributed by atoms with Gasteiger partial charge in [0, 0.05) is 31.1 Å². The van der Waals surface area contributed by atoms with E-state index in [0.717, 1.165) is 36.4 Å². The van der Waals surface area contributed by atoms with Crippen molar-refractivity contribution < 1.29 is 23.4 Å². The molecule has 2 bridgehead atoms. The van der Waals surface area contributed by atoms with E-state index in [2.05, 4.69) is 30.9 Å². The van der Waals surface area contributed by atoms with Crippen LogP contribution in [0.5, 0.6) is 0 Å². The molecule has 4 heterocycles. The van der Waals surface area contributed by atoms with Crippen LogP contribution in [0.3, 0.4) is 0 Å². The number of nitrogens with one attached hydrogen (secondary N) is 3. The first-order chi connectivity index (χ1) is 16.0. The molecule has 0 aromatic carbocycles. The van der Waals surface area contributed by atoms with Crippen LogP contribution in [0.25, 0.3) is 5.52 Å². The number of carbonyl (C=O) groups is 1. The maximum atomic E-state index is 15.0. The van der Waals surface area contributed by atoms with Gasteiger partial charge in [0.2, 0.25) is 0 Å². The Morgan fingerprint density at radius 2 is 2.24 bits per heavy atom. The number of fused-ring (bicyclic) bond motifs is 1. The number of H-pyrrole nitrogens is 1. The van der Waals surface area contributed by atoms with Crippen LogP contribution in [0.15, 0.2) is 24.5 Å². The van der Waals surface area contributed by atoms with Crippen molar-refractivity contribution in [2.75, 3.05) is 19.0 Å². The van der Waals surface area contributed by atoms with Gasteiger partial charge in [0.05, 0.1) is 24.6 Å². The fourth-order valence-electron chi connectivity index (χ4n) is 4.91. The van der Waals surface area contributed by atoms with Crippen molar-refractivity contribution in [3.05, 3.63) is 35.9 Å². The molecule has 174 valence electrons. The highest BCUT2D eigenvalue weighted by molar-refractivity contribution is 5.72. The molecule has 11 nitrogen and oxygen atoms in total. The fourth-order valence-corrected chi connectivity index (χ4v) is 4.91. The van der Waals surface area contributed by atoms with Crippen molar-refractivity contribution in [1.29, 1.82) is 0 Å². The molecule has 0 unspecified atom stereocenters. The maximum Gasteiger partial charge on any atom is 0.408 e. The van der Waals surface area contributed by atoms with Gasteiger partial charge in [-0.05, 0) is 31.2 Å². The molecule has 4 aliphatic rings. The second-order valence-electron chi connectivity index (χ2n) is 9.03. The van der Waals surface area contributed by atoms with Crippen molar-refractivity contribution in [3.8, 4) is 0 Å². The smallest absolute Gasteiger partial charge is 0.408 e. The normalized spacial score (nSPS) is 30.0. The van der Waals surface area contributed by atoms with Crippen molar-refractivity contribution in [3.63, 3.8) is 0 Å². The fraction of sp³-hybridized carbons (Fsp3) is 0.524. The largest absolute Gasteiger partial charge is 0.441 e. The van der Waals surface area contributed by atoms with Crippen LogP contribution >= 0.6 is 0 Å². The number of halogens is 1. The number of alkyl halides is 1. The summed E-state index contributed by atoms with van der Waals surface area (Å²) in [6.07, 6.45) is 2.36. The van der Waals surface area contributed by atoms with Crippen LogP contribution in [0.1, 0.15) is 36.8 Å². The lowest BCUT2D eigenvalue weighted by molar-refractivity contribution is -0.0528. The van der Waals surface area contributed by atoms with E-state index in [0.29, 0.717) is 23.9 Å². The predicted octanol–water partition coefficient (Wildman–Crippen LogP) is 2.40. The third-order valence-electron chi connectivity index (χ3n) is 6.63. The number of methoxy groups -OCH3 is 1. The lowest BCUT2D eigenvalue weighted by Crippen LogP contribution is -2.68. The molecular weight excluding hydrogens is 433 g/mol. The van der Waals surface area contributed by atoms with Gasteiger partial charge < -0.3 is 24.8 Å². The van der Waals surface area contributed by atoms with Crippen LogP contribution in [0, 0.1) is 5.92 Å². The molecular formula is C21H24FN7O4. The van der Waals surface area contributed by atoms with Gasteiger partial charge in [0.15, 0.2) is 23.9 Å². The summed E-state index contributed by atoms with van der Waals surface area (Å²) in [5.74, 6) is 1.72. The standard InChI is InChI=1S/C21H24FN7O4/c1-31-9-12-4-14-19(23-2-3-29(14)28-12)24-16-5-13(26-27-16)18-17(22)15(10-32-18)33-20(30)25-21-6-11(7-21)8-21/h2-5,11,15,17-18H,6-10H2,1H3,(H,25,30)(H2,23,24,26,27)/t11?,15-,17+,18-,21?/m0/s1. The van der Waals surface area contributed by atoms with Gasteiger partial charge in [-0.25, -0.2) is 18.7 Å². The molecule has 7 rings (SSSR count). The number of alkyl carbamates (subject to hydrolysis) is 1. The molecule has 33 heavy (non-hydrogen) atoms. The zero-order valence-corrected chi connectivity index (χ0v) is 18.0. The molecule has 3 aromatic heterocycles. The number of hydrogen-bond acceptors (Lipinski definition) is 8. The highest BCUT2D eigenvalue weighted by Gasteiger charge is 2.58. The molecule has 3 atom stereocenters. The Morgan fingerprint density at radius 1 is 1.39 bits per heavy atom. The summed E-state index contributed by atoms with van der Waals surface area (Å²) >= 11 is 0. The Labute approximate surface area is 188 Å². The summed E-state index contributed by atoms with van der Waals surface area (Å²) in [5, 5.41) is 17.4. The number of aromatic amines is 1. The van der Waals surface area contributed by atoms with E-state index >= 15 is 4.39 Å². The minimum absolute atomic E-state index is 0.0182. The first-order valence-electron chi connectivity index (χ1n) is 10.9. The molecule has 0 spiro atoms. The summed E-state index contributed by atoms with van der Waals surface area (Å²) in [7, 11) is 1.61. The molecule has 4 fully saturated rings. The first kappa shape index (κ1) is 20.4. The summed E-state index contributed by atoms with van der Waals surface area (Å²) in [5.41, 5.74) is 1.84. The lowest BCUT2D eigenvalue weighted by Gasteiger charge is -2.61. The number of ether oxygens (including phenoxy) is 3. The molecule has 3 aromatic rings. The molecule has 12 heteroatoms. The van der Waals surface area contributed by atoms with E-state index < -0.39 is 24.5 Å². The molecule has 1 aliphatic heterocycles. The first-order valence-corrected chi connectivity index (χ1v) is 10.9. The Morgan fingerprint density at radius 3 is 3.00 bits per heavy atom. The number of hydrogen-bond donors (Lipinski definition) is 3. The summed E-state index contributed by atoms with van der Waals surface area (Å²) in [6, 6.07) is 3.52. The SMILES string of the molecule is COCc1cc2c(Nc3cc([C@@H]4OC[C@H](OC(=O)NC56CC(C5)C6)[C@H]4F)[nH]n3)nccn2n1. The van der Waals surface area contributed by atoms with E-state index in [1.54, 1.807) is 30.1 Å².